The molecule has 2 aromatic rings. The van der Waals surface area contributed by atoms with Crippen molar-refractivity contribution < 1.29 is 21.6 Å². The molecule has 27 heavy (non-hydrogen) atoms. The van der Waals surface area contributed by atoms with Gasteiger partial charge in [-0.25, -0.2) is 8.42 Å². The second kappa shape index (κ2) is 7.12. The van der Waals surface area contributed by atoms with Crippen LogP contribution in [-0.2, 0) is 23.0 Å². The summed E-state index contributed by atoms with van der Waals surface area (Å²) in [5.41, 5.74) is -0.661. The molecular formula is C16H13Cl2F3N2O3S. The summed E-state index contributed by atoms with van der Waals surface area (Å²) in [5, 5.41) is -0.0335. The van der Waals surface area contributed by atoms with Crippen molar-refractivity contribution in [3.05, 3.63) is 62.0 Å². The number of sulfonamides is 1. The fraction of sp³-hybridized carbons (Fsp3) is 0.312. The van der Waals surface area contributed by atoms with E-state index >= 15 is 0 Å². The molecule has 0 unspecified atom stereocenters. The van der Waals surface area contributed by atoms with Crippen LogP contribution in [-0.4, -0.2) is 19.2 Å². The monoisotopic (exact) mass is 440 g/mol. The van der Waals surface area contributed by atoms with Gasteiger partial charge in [0.15, 0.2) is 0 Å². The molecule has 0 saturated carbocycles. The van der Waals surface area contributed by atoms with Crippen molar-refractivity contribution in [1.82, 2.24) is 9.29 Å². The smallest absolute Gasteiger partial charge is 0.311 e. The highest BCUT2D eigenvalue weighted by Crippen LogP contribution is 2.36. The van der Waals surface area contributed by atoms with Crippen LogP contribution < -0.4 is 10.3 Å². The summed E-state index contributed by atoms with van der Waals surface area (Å²) in [5.74, 6) is 0. The first kappa shape index (κ1) is 20.2. The maximum atomic E-state index is 13.5. The number of hydrogen-bond acceptors (Lipinski definition) is 3. The number of hydrogen-bond donors (Lipinski definition) is 1. The minimum atomic E-state index is -4.92. The van der Waals surface area contributed by atoms with E-state index < -0.39 is 32.7 Å². The maximum absolute atomic E-state index is 13.5. The number of fused-ring (bicyclic) bond motifs is 1. The molecule has 1 atom stereocenters. The highest BCUT2D eigenvalue weighted by molar-refractivity contribution is 7.89. The molecule has 11 heteroatoms. The summed E-state index contributed by atoms with van der Waals surface area (Å²) in [6.45, 7) is 0.387. The van der Waals surface area contributed by atoms with E-state index in [1.807, 2.05) is 0 Å². The van der Waals surface area contributed by atoms with Crippen LogP contribution in [0, 0.1) is 0 Å². The Morgan fingerprint density at radius 3 is 2.37 bits per heavy atom. The predicted octanol–water partition coefficient (Wildman–Crippen LogP) is 3.68. The van der Waals surface area contributed by atoms with Crippen molar-refractivity contribution in [2.24, 2.45) is 0 Å². The van der Waals surface area contributed by atoms with E-state index in [0.29, 0.717) is 25.1 Å². The first-order valence-corrected chi connectivity index (χ1v) is 10.0. The van der Waals surface area contributed by atoms with Crippen molar-refractivity contribution in [3.8, 4) is 0 Å². The van der Waals surface area contributed by atoms with Gasteiger partial charge in [0.1, 0.15) is 10.9 Å². The molecule has 0 spiro atoms. The molecule has 5 nitrogen and oxygen atoms in total. The Bertz CT molecular complexity index is 1030. The Balaban J connectivity index is 2.05. The zero-order chi connectivity index (χ0) is 20.0. The fourth-order valence-corrected chi connectivity index (χ4v) is 4.93. The van der Waals surface area contributed by atoms with E-state index in [-0.39, 0.29) is 15.6 Å². The zero-order valence-electron chi connectivity index (χ0n) is 13.6. The summed E-state index contributed by atoms with van der Waals surface area (Å²) >= 11 is 11.8. The van der Waals surface area contributed by atoms with Crippen LogP contribution in [0.25, 0.3) is 0 Å². The van der Waals surface area contributed by atoms with Gasteiger partial charge >= 0.3 is 6.18 Å². The van der Waals surface area contributed by atoms with Gasteiger partial charge in [-0.2, -0.15) is 17.9 Å². The number of alkyl halides is 3. The first-order chi connectivity index (χ1) is 12.5. The van der Waals surface area contributed by atoms with Gasteiger partial charge in [-0.3, -0.25) is 4.79 Å². The number of nitrogens with zero attached hydrogens (tertiary/aromatic N) is 1. The van der Waals surface area contributed by atoms with E-state index in [9.17, 15) is 26.4 Å². The third kappa shape index (κ3) is 4.01. The second-order valence-corrected chi connectivity index (χ2v) is 8.51. The number of nitrogens with one attached hydrogen (secondary N) is 1. The lowest BCUT2D eigenvalue weighted by atomic mass is 10.1. The number of rotatable bonds is 4. The number of halogens is 5. The van der Waals surface area contributed by atoms with Crippen LogP contribution in [0.1, 0.15) is 23.7 Å². The van der Waals surface area contributed by atoms with E-state index in [0.717, 1.165) is 18.2 Å². The summed E-state index contributed by atoms with van der Waals surface area (Å²) in [7, 11) is -4.72. The summed E-state index contributed by atoms with van der Waals surface area (Å²) in [6, 6.07) is 2.81. The van der Waals surface area contributed by atoms with Gasteiger partial charge in [0.25, 0.3) is 5.56 Å². The van der Waals surface area contributed by atoms with Crippen LogP contribution in [0.3, 0.4) is 0 Å². The minimum Gasteiger partial charge on any atom is -0.311 e. The molecule has 0 radical (unpaired) electrons. The Morgan fingerprint density at radius 2 is 1.78 bits per heavy atom. The molecule has 2 heterocycles. The van der Waals surface area contributed by atoms with Crippen LogP contribution in [0.4, 0.5) is 13.2 Å². The largest absolute Gasteiger partial charge is 0.408 e. The molecule has 1 aromatic heterocycles. The molecule has 146 valence electrons. The molecule has 1 aliphatic rings. The first-order valence-electron chi connectivity index (χ1n) is 7.77. The van der Waals surface area contributed by atoms with E-state index in [2.05, 4.69) is 0 Å². The highest BCUT2D eigenvalue weighted by atomic mass is 35.5. The fourth-order valence-electron chi connectivity index (χ4n) is 2.93. The lowest BCUT2D eigenvalue weighted by molar-refractivity contribution is -0.153. The molecule has 0 aliphatic carbocycles. The maximum Gasteiger partial charge on any atom is 0.408 e. The Kier molecular flexibility index (Phi) is 5.33. The molecule has 0 fully saturated rings. The van der Waals surface area contributed by atoms with Gasteiger partial charge in [-0.15, -0.1) is 0 Å². The number of aromatic nitrogens is 1. The van der Waals surface area contributed by atoms with Crippen LogP contribution >= 0.6 is 23.2 Å². The third-order valence-corrected chi connectivity index (χ3v) is 6.44. The lowest BCUT2D eigenvalue weighted by Gasteiger charge is -2.22. The average molecular weight is 441 g/mol. The Hall–Kier alpha value is -1.55. The standard InChI is InChI=1S/C16H13Cl2F3N2O3S/c17-10-5-3-9(4-6-10)15(16(19,20)21)22-27(25,26)12-8-13(24)23-7-1-2-11(23)14(12)18/h3-6,8,15,22H,1-2,7H2/t15-/m1/s1. The Labute approximate surface area is 162 Å². The average Bonchev–Trinajstić information content (AvgIpc) is 3.06. The second-order valence-electron chi connectivity index (χ2n) is 6.01. The quantitative estimate of drug-likeness (QED) is 0.788. The van der Waals surface area contributed by atoms with Gasteiger partial charge in [0.05, 0.1) is 5.02 Å². The lowest BCUT2D eigenvalue weighted by Crippen LogP contribution is -2.38. The van der Waals surface area contributed by atoms with Crippen LogP contribution in [0.2, 0.25) is 10.0 Å². The molecule has 1 aromatic carbocycles. The number of pyridine rings is 1. The van der Waals surface area contributed by atoms with Gasteiger partial charge in [0.2, 0.25) is 10.0 Å². The summed E-state index contributed by atoms with van der Waals surface area (Å²) in [4.78, 5) is 11.4. The van der Waals surface area contributed by atoms with E-state index in [1.165, 1.54) is 16.7 Å². The van der Waals surface area contributed by atoms with Crippen LogP contribution in [0.5, 0.6) is 0 Å². The van der Waals surface area contributed by atoms with Gasteiger partial charge in [0, 0.05) is 23.3 Å². The summed E-state index contributed by atoms with van der Waals surface area (Å²) in [6.07, 6.45) is -3.95. The van der Waals surface area contributed by atoms with Gasteiger partial charge in [-0.1, -0.05) is 35.3 Å². The normalized spacial score (nSPS) is 15.6. The molecule has 3 rings (SSSR count). The highest BCUT2D eigenvalue weighted by Gasteiger charge is 2.44. The summed E-state index contributed by atoms with van der Waals surface area (Å²) < 4.78 is 68.7. The zero-order valence-corrected chi connectivity index (χ0v) is 15.9. The van der Waals surface area contributed by atoms with Gasteiger partial charge < -0.3 is 4.57 Å². The van der Waals surface area contributed by atoms with Crippen molar-refractivity contribution in [2.45, 2.75) is 36.5 Å². The van der Waals surface area contributed by atoms with Crippen molar-refractivity contribution in [3.63, 3.8) is 0 Å². The van der Waals surface area contributed by atoms with Crippen molar-refractivity contribution in [1.29, 1.82) is 0 Å². The van der Waals surface area contributed by atoms with Crippen molar-refractivity contribution >= 4 is 33.2 Å². The predicted molar refractivity (Wildman–Crippen MR) is 94.6 cm³/mol. The van der Waals surface area contributed by atoms with E-state index in [1.54, 1.807) is 4.72 Å². The number of benzene rings is 1. The minimum absolute atomic E-state index is 0.206. The van der Waals surface area contributed by atoms with E-state index in [4.69, 9.17) is 23.2 Å². The Morgan fingerprint density at radius 1 is 1.15 bits per heavy atom. The molecule has 0 saturated heterocycles. The van der Waals surface area contributed by atoms with Gasteiger partial charge in [-0.05, 0) is 30.5 Å². The van der Waals surface area contributed by atoms with Crippen molar-refractivity contribution in [2.75, 3.05) is 0 Å². The molecule has 0 bridgehead atoms. The molecular weight excluding hydrogens is 428 g/mol. The molecule has 1 N–H and O–H groups in total. The van der Waals surface area contributed by atoms with Crippen LogP contribution in [0.15, 0.2) is 40.0 Å². The molecule has 1 aliphatic heterocycles. The third-order valence-electron chi connectivity index (χ3n) is 4.20. The topological polar surface area (TPSA) is 68.2 Å². The molecule has 0 amide bonds. The SMILES string of the molecule is O=c1cc(S(=O)(=O)N[C@H](c2ccc(Cl)cc2)C(F)(F)F)c(Cl)c2n1CCC2.